The van der Waals surface area contributed by atoms with Gasteiger partial charge in [0.25, 0.3) is 0 Å². The van der Waals surface area contributed by atoms with Crippen molar-refractivity contribution in [2.45, 2.75) is 13.3 Å². The summed E-state index contributed by atoms with van der Waals surface area (Å²) >= 11 is 0. The monoisotopic (exact) mass is 201 g/mol. The van der Waals surface area contributed by atoms with Crippen LogP contribution in [0, 0.1) is 0 Å². The summed E-state index contributed by atoms with van der Waals surface area (Å²) in [5.41, 5.74) is 1.87. The summed E-state index contributed by atoms with van der Waals surface area (Å²) in [4.78, 5) is 0. The molecule has 15 heavy (non-hydrogen) atoms. The van der Waals surface area contributed by atoms with Crippen molar-refractivity contribution in [2.24, 2.45) is 0 Å². The van der Waals surface area contributed by atoms with Gasteiger partial charge in [0.2, 0.25) is 0 Å². The summed E-state index contributed by atoms with van der Waals surface area (Å²) in [6, 6.07) is 9.85. The number of rotatable bonds is 3. The van der Waals surface area contributed by atoms with Gasteiger partial charge in [0.15, 0.2) is 0 Å². The normalized spacial score (nSPS) is 10.3. The lowest BCUT2D eigenvalue weighted by molar-refractivity contribution is 0.542. The summed E-state index contributed by atoms with van der Waals surface area (Å²) in [6.07, 6.45) is 2.31. The van der Waals surface area contributed by atoms with Crippen LogP contribution in [0.1, 0.15) is 0 Å². The molecule has 0 fully saturated rings. The average molecular weight is 201 g/mol. The molecule has 0 saturated heterocycles. The second-order valence-corrected chi connectivity index (χ2v) is 3.54. The Kier molecular flexibility index (Phi) is 2.83. The highest BCUT2D eigenvalue weighted by Crippen LogP contribution is 2.14. The Morgan fingerprint density at radius 1 is 1.33 bits per heavy atom. The zero-order chi connectivity index (χ0) is 10.7. The third-order valence-corrected chi connectivity index (χ3v) is 2.06. The van der Waals surface area contributed by atoms with Gasteiger partial charge in [0.1, 0.15) is 5.69 Å². The summed E-state index contributed by atoms with van der Waals surface area (Å²) in [6.45, 7) is 1.32. The molecule has 2 aromatic rings. The van der Waals surface area contributed by atoms with Crippen LogP contribution in [0.2, 0.25) is 6.82 Å². The molecule has 0 bridgehead atoms. The van der Waals surface area contributed by atoms with Crippen LogP contribution in [0.3, 0.4) is 0 Å². The molecule has 2 rings (SSSR count). The van der Waals surface area contributed by atoms with Gasteiger partial charge in [0.05, 0.1) is 6.20 Å². The van der Waals surface area contributed by atoms with E-state index in [0.29, 0.717) is 6.44 Å². The first-order valence-electron chi connectivity index (χ1n) is 4.89. The molecule has 1 aromatic carbocycles. The van der Waals surface area contributed by atoms with Gasteiger partial charge in [-0.25, -0.2) is 0 Å². The van der Waals surface area contributed by atoms with E-state index in [1.165, 1.54) is 0 Å². The third kappa shape index (κ3) is 2.44. The van der Waals surface area contributed by atoms with Crippen molar-refractivity contribution in [1.29, 1.82) is 0 Å². The number of nitrogens with zero attached hydrogens (tertiary/aromatic N) is 3. The van der Waals surface area contributed by atoms with E-state index in [-0.39, 0.29) is 0 Å². The van der Waals surface area contributed by atoms with E-state index in [1.807, 2.05) is 36.5 Å². The van der Waals surface area contributed by atoms with Crippen molar-refractivity contribution in [3.05, 3.63) is 36.5 Å². The second kappa shape index (κ2) is 4.27. The third-order valence-electron chi connectivity index (χ3n) is 2.06. The van der Waals surface area contributed by atoms with Crippen LogP contribution in [0.25, 0.3) is 11.3 Å². The van der Waals surface area contributed by atoms with Gasteiger partial charge in [0, 0.05) is 12.0 Å². The molecule has 4 nitrogen and oxygen atoms in total. The lowest BCUT2D eigenvalue weighted by Crippen LogP contribution is -2.16. The maximum Gasteiger partial charge on any atom is 0.308 e. The maximum atomic E-state index is 9.20. The van der Waals surface area contributed by atoms with E-state index in [4.69, 9.17) is 0 Å². The average Bonchev–Trinajstić information content (AvgIpc) is 2.67. The van der Waals surface area contributed by atoms with Crippen LogP contribution in [0.5, 0.6) is 0 Å². The molecule has 1 N–H and O–H groups in total. The van der Waals surface area contributed by atoms with E-state index in [9.17, 15) is 5.02 Å². The van der Waals surface area contributed by atoms with Gasteiger partial charge in [-0.3, -0.25) is 4.68 Å². The SMILES string of the molecule is CB(O)Cn1cc(-c2ccccc2)nn1. The molecule has 0 saturated carbocycles. The Labute approximate surface area is 88.7 Å². The highest BCUT2D eigenvalue weighted by atomic mass is 16.2. The van der Waals surface area contributed by atoms with Crippen molar-refractivity contribution >= 4 is 6.92 Å². The number of benzene rings is 1. The number of aromatic nitrogens is 3. The van der Waals surface area contributed by atoms with Gasteiger partial charge >= 0.3 is 6.92 Å². The molecular weight excluding hydrogens is 189 g/mol. The Hall–Kier alpha value is -1.62. The zero-order valence-electron chi connectivity index (χ0n) is 8.54. The van der Waals surface area contributed by atoms with Crippen LogP contribution in [-0.2, 0) is 6.44 Å². The smallest absolute Gasteiger partial charge is 0.308 e. The van der Waals surface area contributed by atoms with Gasteiger partial charge in [-0.15, -0.1) is 5.10 Å². The van der Waals surface area contributed by atoms with Gasteiger partial charge in [-0.1, -0.05) is 42.4 Å². The van der Waals surface area contributed by atoms with Crippen molar-refractivity contribution in [3.8, 4) is 11.3 Å². The number of hydrogen-bond donors (Lipinski definition) is 1. The maximum absolute atomic E-state index is 9.20. The van der Waals surface area contributed by atoms with Gasteiger partial charge in [-0.05, 0) is 0 Å². The van der Waals surface area contributed by atoms with Crippen LogP contribution in [0.15, 0.2) is 36.5 Å². The second-order valence-electron chi connectivity index (χ2n) is 3.54. The molecule has 0 radical (unpaired) electrons. The Morgan fingerprint density at radius 3 is 2.73 bits per heavy atom. The highest BCUT2D eigenvalue weighted by molar-refractivity contribution is 6.47. The lowest BCUT2D eigenvalue weighted by atomic mass is 9.72. The van der Waals surface area contributed by atoms with Crippen LogP contribution in [0.4, 0.5) is 0 Å². The largest absolute Gasteiger partial charge is 0.449 e. The standard InChI is InChI=1S/C10H12BN3O/c1-11(15)8-14-7-10(12-13-14)9-5-3-2-4-6-9/h2-7,15H,8H2,1H3. The minimum absolute atomic E-state index is 0.407. The fourth-order valence-electron chi connectivity index (χ4n) is 1.40. The summed E-state index contributed by atoms with van der Waals surface area (Å²) < 4.78 is 1.65. The number of hydrogen-bond acceptors (Lipinski definition) is 3. The molecule has 0 aliphatic heterocycles. The van der Waals surface area contributed by atoms with E-state index in [1.54, 1.807) is 11.5 Å². The lowest BCUT2D eigenvalue weighted by Gasteiger charge is -1.97. The van der Waals surface area contributed by atoms with Crippen LogP contribution >= 0.6 is 0 Å². The minimum atomic E-state index is -0.407. The summed E-state index contributed by atoms with van der Waals surface area (Å²) in [7, 11) is 0. The molecule has 0 atom stereocenters. The molecule has 1 aromatic heterocycles. The first kappa shape index (κ1) is 9.92. The fraction of sp³-hybridized carbons (Fsp3) is 0.200. The van der Waals surface area contributed by atoms with Crippen molar-refractivity contribution in [3.63, 3.8) is 0 Å². The Balaban J connectivity index is 2.21. The molecule has 1 heterocycles. The molecule has 76 valence electrons. The fourth-order valence-corrected chi connectivity index (χ4v) is 1.40. The first-order valence-corrected chi connectivity index (χ1v) is 4.89. The van der Waals surface area contributed by atoms with Gasteiger partial charge < -0.3 is 5.02 Å². The van der Waals surface area contributed by atoms with Crippen molar-refractivity contribution in [1.82, 2.24) is 15.0 Å². The first-order chi connectivity index (χ1) is 7.25. The predicted molar refractivity (Wildman–Crippen MR) is 59.3 cm³/mol. The Bertz CT molecular complexity index is 427. The van der Waals surface area contributed by atoms with E-state index < -0.39 is 6.92 Å². The molecule has 0 aliphatic carbocycles. The topological polar surface area (TPSA) is 50.9 Å². The highest BCUT2D eigenvalue weighted by Gasteiger charge is 2.07. The van der Waals surface area contributed by atoms with Crippen molar-refractivity contribution < 1.29 is 5.02 Å². The molecule has 0 aliphatic rings. The Morgan fingerprint density at radius 2 is 2.07 bits per heavy atom. The molecular formula is C10H12BN3O. The van der Waals surface area contributed by atoms with Gasteiger partial charge in [-0.2, -0.15) is 0 Å². The van der Waals surface area contributed by atoms with Crippen LogP contribution in [-0.4, -0.2) is 26.9 Å². The van der Waals surface area contributed by atoms with E-state index in [0.717, 1.165) is 11.3 Å². The van der Waals surface area contributed by atoms with Crippen LogP contribution < -0.4 is 0 Å². The summed E-state index contributed by atoms with van der Waals surface area (Å²) in [5.74, 6) is 0. The van der Waals surface area contributed by atoms with Crippen molar-refractivity contribution in [2.75, 3.05) is 0 Å². The zero-order valence-corrected chi connectivity index (χ0v) is 8.54. The molecule has 0 spiro atoms. The molecule has 5 heteroatoms. The van der Waals surface area contributed by atoms with E-state index >= 15 is 0 Å². The minimum Gasteiger partial charge on any atom is -0.449 e. The van der Waals surface area contributed by atoms with E-state index in [2.05, 4.69) is 10.3 Å². The molecule has 0 amide bonds. The molecule has 0 unspecified atom stereocenters. The predicted octanol–water partition coefficient (Wildman–Crippen LogP) is 1.10. The summed E-state index contributed by atoms with van der Waals surface area (Å²) in [5, 5.41) is 17.2. The quantitative estimate of drug-likeness (QED) is 0.756.